The molecule has 4 heteroatoms. The van der Waals surface area contributed by atoms with Crippen molar-refractivity contribution in [2.75, 3.05) is 13.1 Å². The van der Waals surface area contributed by atoms with E-state index in [1.54, 1.807) is 0 Å². The number of likely N-dealkylation sites (tertiary alicyclic amines) is 1. The van der Waals surface area contributed by atoms with Crippen LogP contribution in [0.15, 0.2) is 42.6 Å². The van der Waals surface area contributed by atoms with Crippen LogP contribution in [-0.4, -0.2) is 35.0 Å². The summed E-state index contributed by atoms with van der Waals surface area (Å²) in [4.78, 5) is 17.7. The molecule has 2 heterocycles. The molecule has 2 aliphatic rings. The number of piperidine rings is 1. The van der Waals surface area contributed by atoms with Crippen molar-refractivity contribution in [3.8, 4) is 5.75 Å². The average Bonchev–Trinajstić information content (AvgIpc) is 3.27. The second kappa shape index (κ2) is 6.11. The standard InChI is InChI=1S/C19H22N2O2/c22-19(14-4-1-2-5-14)21-12-9-15(10-13-21)23-18-7-3-6-17-16(18)8-11-20-17/h1-3,6-8,11,14-15,20H,4-5,9-10,12-13H2. The van der Waals surface area contributed by atoms with E-state index in [1.165, 1.54) is 0 Å². The molecular weight excluding hydrogens is 288 g/mol. The number of ether oxygens (including phenoxy) is 1. The molecule has 1 saturated heterocycles. The maximum atomic E-state index is 12.4. The van der Waals surface area contributed by atoms with Gasteiger partial charge < -0.3 is 14.6 Å². The summed E-state index contributed by atoms with van der Waals surface area (Å²) in [6.07, 6.45) is 10.0. The number of fused-ring (bicyclic) bond motifs is 1. The molecule has 0 saturated carbocycles. The van der Waals surface area contributed by atoms with Gasteiger partial charge in [-0.3, -0.25) is 4.79 Å². The third-order valence-electron chi connectivity index (χ3n) is 4.96. The van der Waals surface area contributed by atoms with E-state index in [4.69, 9.17) is 4.74 Å². The summed E-state index contributed by atoms with van der Waals surface area (Å²) in [7, 11) is 0. The number of amides is 1. The number of hydrogen-bond donors (Lipinski definition) is 1. The van der Waals surface area contributed by atoms with Gasteiger partial charge in [0.15, 0.2) is 0 Å². The Hall–Kier alpha value is -2.23. The van der Waals surface area contributed by atoms with Crippen LogP contribution in [0.4, 0.5) is 0 Å². The van der Waals surface area contributed by atoms with Gasteiger partial charge in [-0.2, -0.15) is 0 Å². The quantitative estimate of drug-likeness (QED) is 0.882. The summed E-state index contributed by atoms with van der Waals surface area (Å²) in [6, 6.07) is 8.15. The molecule has 1 amide bonds. The fourth-order valence-electron chi connectivity index (χ4n) is 3.61. The number of carbonyl (C=O) groups excluding carboxylic acids is 1. The smallest absolute Gasteiger partial charge is 0.226 e. The predicted octanol–water partition coefficient (Wildman–Crippen LogP) is 3.50. The largest absolute Gasteiger partial charge is 0.490 e. The first-order valence-corrected chi connectivity index (χ1v) is 8.48. The van der Waals surface area contributed by atoms with Crippen molar-refractivity contribution in [1.29, 1.82) is 0 Å². The molecule has 120 valence electrons. The van der Waals surface area contributed by atoms with Crippen LogP contribution >= 0.6 is 0 Å². The SMILES string of the molecule is O=C(C1CC=CC1)N1CCC(Oc2cccc3[nH]ccc23)CC1. The zero-order chi connectivity index (χ0) is 15.6. The highest BCUT2D eigenvalue weighted by atomic mass is 16.5. The number of allylic oxidation sites excluding steroid dienone is 2. The molecule has 1 N–H and O–H groups in total. The number of carbonyl (C=O) groups is 1. The molecule has 1 fully saturated rings. The molecular formula is C19H22N2O2. The minimum Gasteiger partial charge on any atom is -0.490 e. The monoisotopic (exact) mass is 310 g/mol. The minimum atomic E-state index is 0.182. The van der Waals surface area contributed by atoms with Gasteiger partial charge in [-0.05, 0) is 31.0 Å². The van der Waals surface area contributed by atoms with Crippen molar-refractivity contribution in [2.45, 2.75) is 31.8 Å². The van der Waals surface area contributed by atoms with Crippen molar-refractivity contribution in [2.24, 2.45) is 5.92 Å². The normalized spacial score (nSPS) is 19.6. The Morgan fingerprint density at radius 3 is 2.70 bits per heavy atom. The van der Waals surface area contributed by atoms with Crippen molar-refractivity contribution in [3.05, 3.63) is 42.6 Å². The van der Waals surface area contributed by atoms with Gasteiger partial charge in [0.2, 0.25) is 5.91 Å². The summed E-state index contributed by atoms with van der Waals surface area (Å²) in [5.74, 6) is 1.44. The lowest BCUT2D eigenvalue weighted by atomic mass is 10.0. The van der Waals surface area contributed by atoms with Gasteiger partial charge in [0.25, 0.3) is 0 Å². The van der Waals surface area contributed by atoms with E-state index < -0.39 is 0 Å². The summed E-state index contributed by atoms with van der Waals surface area (Å²) in [5, 5.41) is 1.13. The first-order chi connectivity index (χ1) is 11.3. The highest BCUT2D eigenvalue weighted by Crippen LogP contribution is 2.28. The molecule has 0 bridgehead atoms. The lowest BCUT2D eigenvalue weighted by Gasteiger charge is -2.33. The van der Waals surface area contributed by atoms with Crippen LogP contribution in [0.25, 0.3) is 10.9 Å². The van der Waals surface area contributed by atoms with Gasteiger partial charge >= 0.3 is 0 Å². The van der Waals surface area contributed by atoms with E-state index in [0.29, 0.717) is 5.91 Å². The highest BCUT2D eigenvalue weighted by Gasteiger charge is 2.29. The first-order valence-electron chi connectivity index (χ1n) is 8.48. The Bertz CT molecular complexity index is 718. The minimum absolute atomic E-state index is 0.182. The molecule has 4 rings (SSSR count). The van der Waals surface area contributed by atoms with Gasteiger partial charge in [0, 0.05) is 48.9 Å². The molecule has 0 atom stereocenters. The van der Waals surface area contributed by atoms with E-state index in [-0.39, 0.29) is 12.0 Å². The third kappa shape index (κ3) is 2.85. The van der Waals surface area contributed by atoms with Gasteiger partial charge in [-0.25, -0.2) is 0 Å². The lowest BCUT2D eigenvalue weighted by molar-refractivity contribution is -0.137. The lowest BCUT2D eigenvalue weighted by Crippen LogP contribution is -2.44. The maximum Gasteiger partial charge on any atom is 0.226 e. The average molecular weight is 310 g/mol. The van der Waals surface area contributed by atoms with E-state index in [0.717, 1.165) is 55.4 Å². The maximum absolute atomic E-state index is 12.4. The zero-order valence-electron chi connectivity index (χ0n) is 13.2. The number of benzene rings is 1. The van der Waals surface area contributed by atoms with Crippen molar-refractivity contribution in [3.63, 3.8) is 0 Å². The number of hydrogen-bond acceptors (Lipinski definition) is 2. The molecule has 1 aromatic carbocycles. The predicted molar refractivity (Wildman–Crippen MR) is 90.4 cm³/mol. The molecule has 1 aliphatic heterocycles. The van der Waals surface area contributed by atoms with Crippen LogP contribution in [0, 0.1) is 5.92 Å². The Morgan fingerprint density at radius 2 is 1.91 bits per heavy atom. The summed E-state index contributed by atoms with van der Waals surface area (Å²) >= 11 is 0. The van der Waals surface area contributed by atoms with Crippen LogP contribution in [0.3, 0.4) is 0 Å². The topological polar surface area (TPSA) is 45.3 Å². The van der Waals surface area contributed by atoms with Crippen molar-refractivity contribution < 1.29 is 9.53 Å². The second-order valence-corrected chi connectivity index (χ2v) is 6.48. The van der Waals surface area contributed by atoms with Gasteiger partial charge in [0.05, 0.1) is 0 Å². The molecule has 1 aliphatic carbocycles. The number of nitrogens with one attached hydrogen (secondary N) is 1. The number of nitrogens with zero attached hydrogens (tertiary/aromatic N) is 1. The van der Waals surface area contributed by atoms with E-state index in [2.05, 4.69) is 29.3 Å². The van der Waals surface area contributed by atoms with Crippen LogP contribution < -0.4 is 4.74 Å². The Kier molecular flexibility index (Phi) is 3.82. The Morgan fingerprint density at radius 1 is 1.13 bits per heavy atom. The van der Waals surface area contributed by atoms with Gasteiger partial charge in [-0.1, -0.05) is 18.2 Å². The zero-order valence-corrected chi connectivity index (χ0v) is 13.2. The van der Waals surface area contributed by atoms with Gasteiger partial charge in [0.1, 0.15) is 11.9 Å². The Balaban J connectivity index is 1.36. The molecule has 0 unspecified atom stereocenters. The molecule has 0 spiro atoms. The fraction of sp³-hybridized carbons (Fsp3) is 0.421. The van der Waals surface area contributed by atoms with Crippen molar-refractivity contribution in [1.82, 2.24) is 9.88 Å². The number of aromatic nitrogens is 1. The highest BCUT2D eigenvalue weighted by molar-refractivity contribution is 5.85. The molecule has 2 aromatic rings. The van der Waals surface area contributed by atoms with E-state index in [1.807, 2.05) is 23.2 Å². The van der Waals surface area contributed by atoms with E-state index in [9.17, 15) is 4.79 Å². The number of aromatic amines is 1. The molecule has 4 nitrogen and oxygen atoms in total. The third-order valence-corrected chi connectivity index (χ3v) is 4.96. The summed E-state index contributed by atoms with van der Waals surface area (Å²) in [6.45, 7) is 1.62. The summed E-state index contributed by atoms with van der Waals surface area (Å²) in [5.41, 5.74) is 1.10. The van der Waals surface area contributed by atoms with Crippen LogP contribution in [0.2, 0.25) is 0 Å². The Labute approximate surface area is 136 Å². The van der Waals surface area contributed by atoms with E-state index >= 15 is 0 Å². The van der Waals surface area contributed by atoms with Gasteiger partial charge in [-0.15, -0.1) is 0 Å². The number of rotatable bonds is 3. The second-order valence-electron chi connectivity index (χ2n) is 6.48. The number of H-pyrrole nitrogens is 1. The van der Waals surface area contributed by atoms with Crippen LogP contribution in [0.1, 0.15) is 25.7 Å². The molecule has 23 heavy (non-hydrogen) atoms. The fourth-order valence-corrected chi connectivity index (χ4v) is 3.61. The van der Waals surface area contributed by atoms with Crippen LogP contribution in [0.5, 0.6) is 5.75 Å². The van der Waals surface area contributed by atoms with Crippen molar-refractivity contribution >= 4 is 16.8 Å². The first kappa shape index (κ1) is 14.4. The molecule has 0 radical (unpaired) electrons. The molecule has 1 aromatic heterocycles. The van der Waals surface area contributed by atoms with Crippen LogP contribution in [-0.2, 0) is 4.79 Å². The summed E-state index contributed by atoms with van der Waals surface area (Å²) < 4.78 is 6.21.